The number of hydrogen-bond acceptors (Lipinski definition) is 4. The number of H-pyrrole nitrogens is 1. The number of hydrogen-bond donors (Lipinski definition) is 3. The quantitative estimate of drug-likeness (QED) is 0.649. The second-order valence-electron chi connectivity index (χ2n) is 3.45. The Morgan fingerprint density at radius 2 is 2.12 bits per heavy atom. The van der Waals surface area contributed by atoms with Crippen LogP contribution < -0.4 is 11.1 Å². The Kier molecular flexibility index (Phi) is 4.50. The van der Waals surface area contributed by atoms with E-state index in [0.29, 0.717) is 13.1 Å². The molecule has 1 rings (SSSR count). The van der Waals surface area contributed by atoms with E-state index >= 15 is 0 Å². The number of aromatic nitrogens is 2. The number of carbonyl (C=O) groups is 2. The van der Waals surface area contributed by atoms with Gasteiger partial charge in [0.15, 0.2) is 0 Å². The minimum Gasteiger partial charge on any atom is -0.383 e. The highest BCUT2D eigenvalue weighted by molar-refractivity contribution is 5.99. The molecule has 0 aliphatic heterocycles. The van der Waals surface area contributed by atoms with E-state index in [9.17, 15) is 9.59 Å². The Hall–Kier alpha value is -2.05. The fourth-order valence-corrected chi connectivity index (χ4v) is 1.42. The molecule has 4 N–H and O–H groups in total. The summed E-state index contributed by atoms with van der Waals surface area (Å²) >= 11 is 0. The molecule has 0 saturated heterocycles. The van der Waals surface area contributed by atoms with Gasteiger partial charge in [0.2, 0.25) is 5.91 Å². The molecular weight excluding hydrogens is 222 g/mol. The van der Waals surface area contributed by atoms with Gasteiger partial charge >= 0.3 is 0 Å². The van der Waals surface area contributed by atoms with Gasteiger partial charge in [0.25, 0.3) is 5.91 Å². The fraction of sp³-hybridized carbons (Fsp3) is 0.500. The molecule has 1 aromatic rings. The van der Waals surface area contributed by atoms with Crippen molar-refractivity contribution in [1.29, 1.82) is 0 Å². The van der Waals surface area contributed by atoms with Crippen molar-refractivity contribution in [2.24, 2.45) is 0 Å². The van der Waals surface area contributed by atoms with Gasteiger partial charge in [-0.1, -0.05) is 0 Å². The van der Waals surface area contributed by atoms with Crippen LogP contribution in [0.25, 0.3) is 0 Å². The summed E-state index contributed by atoms with van der Waals surface area (Å²) in [7, 11) is 0. The number of nitrogen functional groups attached to an aromatic ring is 1. The third-order valence-corrected chi connectivity index (χ3v) is 2.43. The zero-order valence-electron chi connectivity index (χ0n) is 9.99. The zero-order valence-corrected chi connectivity index (χ0v) is 9.99. The van der Waals surface area contributed by atoms with Crippen LogP contribution in [-0.2, 0) is 4.79 Å². The Balaban J connectivity index is 2.49. The highest BCUT2D eigenvalue weighted by Crippen LogP contribution is 2.04. The molecule has 2 amide bonds. The molecule has 0 aliphatic rings. The predicted molar refractivity (Wildman–Crippen MR) is 63.3 cm³/mol. The van der Waals surface area contributed by atoms with E-state index in [0.717, 1.165) is 0 Å². The van der Waals surface area contributed by atoms with Crippen molar-refractivity contribution < 1.29 is 9.59 Å². The third-order valence-electron chi connectivity index (χ3n) is 2.43. The lowest BCUT2D eigenvalue weighted by atomic mass is 10.3. The first-order valence-electron chi connectivity index (χ1n) is 5.44. The smallest absolute Gasteiger partial charge is 0.257 e. The summed E-state index contributed by atoms with van der Waals surface area (Å²) in [4.78, 5) is 24.9. The molecule has 0 bridgehead atoms. The number of nitrogens with zero attached hydrogens (tertiary/aromatic N) is 2. The minimum atomic E-state index is -0.406. The second-order valence-corrected chi connectivity index (χ2v) is 3.45. The van der Waals surface area contributed by atoms with E-state index in [2.05, 4.69) is 15.5 Å². The number of likely N-dealkylation sites (N-methyl/N-ethyl adjacent to an activating group) is 1. The van der Waals surface area contributed by atoms with Gasteiger partial charge in [-0.25, -0.2) is 0 Å². The lowest BCUT2D eigenvalue weighted by Gasteiger charge is -2.18. The molecule has 94 valence electrons. The van der Waals surface area contributed by atoms with E-state index in [-0.39, 0.29) is 23.8 Å². The molecule has 0 spiro atoms. The van der Waals surface area contributed by atoms with Crippen molar-refractivity contribution >= 4 is 17.6 Å². The Bertz CT molecular complexity index is 397. The van der Waals surface area contributed by atoms with E-state index in [1.807, 2.05) is 13.8 Å². The van der Waals surface area contributed by atoms with Crippen LogP contribution in [0.15, 0.2) is 6.20 Å². The molecule has 0 saturated carbocycles. The van der Waals surface area contributed by atoms with Crippen LogP contribution >= 0.6 is 0 Å². The largest absolute Gasteiger partial charge is 0.383 e. The molecule has 7 heteroatoms. The van der Waals surface area contributed by atoms with E-state index in [4.69, 9.17) is 5.73 Å². The van der Waals surface area contributed by atoms with Crippen LogP contribution in [0, 0.1) is 0 Å². The summed E-state index contributed by atoms with van der Waals surface area (Å²) in [6.45, 7) is 4.98. The van der Waals surface area contributed by atoms with Gasteiger partial charge in [0.05, 0.1) is 12.7 Å². The van der Waals surface area contributed by atoms with Crippen LogP contribution in [0.4, 0.5) is 5.82 Å². The van der Waals surface area contributed by atoms with E-state index in [1.165, 1.54) is 6.20 Å². The Morgan fingerprint density at radius 1 is 1.47 bits per heavy atom. The summed E-state index contributed by atoms with van der Waals surface area (Å²) in [5.41, 5.74) is 5.73. The monoisotopic (exact) mass is 239 g/mol. The van der Waals surface area contributed by atoms with Crippen LogP contribution in [0.5, 0.6) is 0 Å². The summed E-state index contributed by atoms with van der Waals surface area (Å²) in [6, 6.07) is 0. The van der Waals surface area contributed by atoms with Crippen molar-refractivity contribution in [3.8, 4) is 0 Å². The maximum absolute atomic E-state index is 11.6. The van der Waals surface area contributed by atoms with Gasteiger partial charge in [-0.3, -0.25) is 14.7 Å². The van der Waals surface area contributed by atoms with E-state index < -0.39 is 5.91 Å². The number of anilines is 1. The van der Waals surface area contributed by atoms with Gasteiger partial charge in [-0.2, -0.15) is 5.10 Å². The lowest BCUT2D eigenvalue weighted by Crippen LogP contribution is -2.40. The van der Waals surface area contributed by atoms with Crippen molar-refractivity contribution in [2.45, 2.75) is 13.8 Å². The third kappa shape index (κ3) is 3.20. The number of carbonyl (C=O) groups excluding carboxylic acids is 2. The molecular formula is C10H17N5O2. The molecule has 7 nitrogen and oxygen atoms in total. The average Bonchev–Trinajstić information content (AvgIpc) is 2.74. The Morgan fingerprint density at radius 3 is 2.59 bits per heavy atom. The maximum Gasteiger partial charge on any atom is 0.257 e. The van der Waals surface area contributed by atoms with Gasteiger partial charge in [0.1, 0.15) is 11.4 Å². The Labute approximate surface area is 99.4 Å². The SMILES string of the molecule is CCN(CC)C(=O)CNC(=O)c1cn[nH]c1N. The van der Waals surface area contributed by atoms with Crippen LogP contribution in [0.2, 0.25) is 0 Å². The summed E-state index contributed by atoms with van der Waals surface area (Å²) in [5, 5.41) is 8.59. The predicted octanol–water partition coefficient (Wildman–Crippen LogP) is -0.410. The first-order valence-corrected chi connectivity index (χ1v) is 5.44. The molecule has 0 aromatic carbocycles. The van der Waals surface area contributed by atoms with Crippen LogP contribution in [-0.4, -0.2) is 46.5 Å². The fourth-order valence-electron chi connectivity index (χ4n) is 1.42. The average molecular weight is 239 g/mol. The minimum absolute atomic E-state index is 0.0366. The first-order chi connectivity index (χ1) is 8.10. The summed E-state index contributed by atoms with van der Waals surface area (Å²) in [5.74, 6) is -0.333. The molecule has 1 aromatic heterocycles. The topological polar surface area (TPSA) is 104 Å². The van der Waals surface area contributed by atoms with Crippen molar-refractivity contribution in [2.75, 3.05) is 25.4 Å². The van der Waals surface area contributed by atoms with Crippen molar-refractivity contribution in [1.82, 2.24) is 20.4 Å². The normalized spacial score (nSPS) is 10.0. The number of nitrogens with one attached hydrogen (secondary N) is 2. The lowest BCUT2D eigenvalue weighted by molar-refractivity contribution is -0.129. The molecule has 0 aliphatic carbocycles. The zero-order chi connectivity index (χ0) is 12.8. The maximum atomic E-state index is 11.6. The standard InChI is InChI=1S/C10H17N5O2/c1-3-15(4-2)8(16)6-12-10(17)7-5-13-14-9(7)11/h5H,3-4,6H2,1-2H3,(H,12,17)(H3,11,13,14). The molecule has 0 fully saturated rings. The van der Waals surface area contributed by atoms with Gasteiger partial charge < -0.3 is 16.0 Å². The number of nitrogens with two attached hydrogens (primary N) is 1. The summed E-state index contributed by atoms with van der Waals surface area (Å²) < 4.78 is 0. The number of aromatic amines is 1. The van der Waals surface area contributed by atoms with E-state index in [1.54, 1.807) is 4.90 Å². The molecule has 17 heavy (non-hydrogen) atoms. The summed E-state index contributed by atoms with van der Waals surface area (Å²) in [6.07, 6.45) is 1.33. The highest BCUT2D eigenvalue weighted by Gasteiger charge is 2.14. The molecule has 0 unspecified atom stereocenters. The van der Waals surface area contributed by atoms with Crippen LogP contribution in [0.1, 0.15) is 24.2 Å². The van der Waals surface area contributed by atoms with Crippen molar-refractivity contribution in [3.63, 3.8) is 0 Å². The second kappa shape index (κ2) is 5.88. The number of amides is 2. The van der Waals surface area contributed by atoms with Crippen LogP contribution in [0.3, 0.4) is 0 Å². The molecule has 1 heterocycles. The highest BCUT2D eigenvalue weighted by atomic mass is 16.2. The first kappa shape index (κ1) is 13.0. The van der Waals surface area contributed by atoms with Gasteiger partial charge in [-0.05, 0) is 13.8 Å². The molecule has 0 atom stereocenters. The number of rotatable bonds is 5. The molecule has 0 radical (unpaired) electrons. The van der Waals surface area contributed by atoms with Gasteiger partial charge in [0, 0.05) is 13.1 Å². The van der Waals surface area contributed by atoms with Crippen molar-refractivity contribution in [3.05, 3.63) is 11.8 Å². The van der Waals surface area contributed by atoms with Gasteiger partial charge in [-0.15, -0.1) is 0 Å².